The Balaban J connectivity index is 0. The summed E-state index contributed by atoms with van der Waals surface area (Å²) in [5.41, 5.74) is 5.78. The van der Waals surface area contributed by atoms with Crippen molar-refractivity contribution in [2.75, 3.05) is 79.2 Å². The average Bonchev–Trinajstić information content (AvgIpc) is 2.57. The average molecular weight is 385 g/mol. The zero-order valence-electron chi connectivity index (χ0n) is 15.1. The first-order chi connectivity index (χ1) is 11.7. The molecule has 0 bridgehead atoms. The molecule has 0 radical (unpaired) electrons. The van der Waals surface area contributed by atoms with Gasteiger partial charge in [-0.2, -0.15) is 0 Å². The largest absolute Gasteiger partial charge is 0.378 e. The highest BCUT2D eigenvalue weighted by atomic mass is 35.5. The predicted octanol–water partition coefficient (Wildman–Crippen LogP) is 0.142. The smallest absolute Gasteiger partial charge is 0.246 e. The summed E-state index contributed by atoms with van der Waals surface area (Å²) in [6.07, 6.45) is 0. The van der Waals surface area contributed by atoms with Crippen LogP contribution in [0.4, 0.5) is 0 Å². The van der Waals surface area contributed by atoms with Crippen molar-refractivity contribution in [3.05, 3.63) is 12.2 Å². The maximum atomic E-state index is 11.2. The van der Waals surface area contributed by atoms with E-state index in [1.54, 1.807) is 6.92 Å². The van der Waals surface area contributed by atoms with Crippen LogP contribution in [0, 0.1) is 0 Å². The first kappa shape index (κ1) is 26.5. The number of carbonyl (C=O) groups excluding carboxylic acids is 1. The van der Waals surface area contributed by atoms with Crippen LogP contribution in [0.3, 0.4) is 0 Å². The van der Waals surface area contributed by atoms with Crippen molar-refractivity contribution >= 4 is 18.3 Å². The monoisotopic (exact) mass is 384 g/mol. The van der Waals surface area contributed by atoms with E-state index in [4.69, 9.17) is 29.4 Å². The molecule has 150 valence electrons. The number of nitrogens with two attached hydrogens (primary N) is 1. The standard InChI is InChI=1S/C16H32N2O6.ClH/c1-15(2)16(19)18-4-6-21-8-10-23-12-14-24-13-11-22-9-7-20-5-3-17;/h1,3-14,17H2,2H3,(H,18,19);1H. The van der Waals surface area contributed by atoms with E-state index in [9.17, 15) is 4.79 Å². The van der Waals surface area contributed by atoms with Gasteiger partial charge in [0.25, 0.3) is 0 Å². The molecule has 0 aromatic carbocycles. The van der Waals surface area contributed by atoms with Gasteiger partial charge in [0.1, 0.15) is 0 Å². The molecule has 3 N–H and O–H groups in total. The van der Waals surface area contributed by atoms with E-state index in [1.807, 2.05) is 0 Å². The molecule has 0 unspecified atom stereocenters. The van der Waals surface area contributed by atoms with E-state index < -0.39 is 0 Å². The summed E-state index contributed by atoms with van der Waals surface area (Å²) in [5.74, 6) is -0.154. The lowest BCUT2D eigenvalue weighted by Crippen LogP contribution is -2.27. The van der Waals surface area contributed by atoms with Crippen LogP contribution in [0.1, 0.15) is 6.92 Å². The molecule has 0 aliphatic rings. The fourth-order valence-electron chi connectivity index (χ4n) is 1.45. The molecule has 0 saturated carbocycles. The van der Waals surface area contributed by atoms with Crippen LogP contribution >= 0.6 is 12.4 Å². The third kappa shape index (κ3) is 21.2. The van der Waals surface area contributed by atoms with Gasteiger partial charge in [-0.05, 0) is 6.92 Å². The SMILES string of the molecule is C=C(C)C(=O)NCCOCCOCCOCCOCCOCCN.Cl. The van der Waals surface area contributed by atoms with Crippen LogP contribution in [-0.4, -0.2) is 85.1 Å². The van der Waals surface area contributed by atoms with E-state index in [2.05, 4.69) is 11.9 Å². The number of ether oxygens (including phenoxy) is 5. The van der Waals surface area contributed by atoms with Crippen LogP contribution in [0.15, 0.2) is 12.2 Å². The van der Waals surface area contributed by atoms with Crippen LogP contribution in [-0.2, 0) is 28.5 Å². The quantitative estimate of drug-likeness (QED) is 0.256. The molecule has 0 aromatic heterocycles. The minimum Gasteiger partial charge on any atom is -0.378 e. The number of carbonyl (C=O) groups is 1. The molecule has 0 atom stereocenters. The van der Waals surface area contributed by atoms with Gasteiger partial charge in [0, 0.05) is 18.7 Å². The first-order valence-electron chi connectivity index (χ1n) is 8.21. The number of hydrogen-bond donors (Lipinski definition) is 2. The van der Waals surface area contributed by atoms with Crippen molar-refractivity contribution in [3.8, 4) is 0 Å². The van der Waals surface area contributed by atoms with Gasteiger partial charge in [-0.1, -0.05) is 6.58 Å². The topological polar surface area (TPSA) is 101 Å². The molecular formula is C16H33ClN2O6. The van der Waals surface area contributed by atoms with Crippen LogP contribution in [0.2, 0.25) is 0 Å². The lowest BCUT2D eigenvalue weighted by molar-refractivity contribution is -0.117. The van der Waals surface area contributed by atoms with Gasteiger partial charge in [-0.3, -0.25) is 4.79 Å². The Morgan fingerprint density at radius 3 is 1.52 bits per heavy atom. The Hall–Kier alpha value is -0.740. The molecule has 0 rings (SSSR count). The second-order valence-electron chi connectivity index (χ2n) is 4.89. The maximum Gasteiger partial charge on any atom is 0.246 e. The summed E-state index contributed by atoms with van der Waals surface area (Å²) in [7, 11) is 0. The highest BCUT2D eigenvalue weighted by molar-refractivity contribution is 5.92. The van der Waals surface area contributed by atoms with Crippen molar-refractivity contribution in [2.45, 2.75) is 6.92 Å². The zero-order valence-corrected chi connectivity index (χ0v) is 15.9. The number of hydrogen-bond acceptors (Lipinski definition) is 7. The summed E-state index contributed by atoms with van der Waals surface area (Å²) >= 11 is 0. The summed E-state index contributed by atoms with van der Waals surface area (Å²) in [4.78, 5) is 11.2. The molecule has 25 heavy (non-hydrogen) atoms. The summed E-state index contributed by atoms with van der Waals surface area (Å²) in [6, 6.07) is 0. The molecule has 0 spiro atoms. The normalized spacial score (nSPS) is 10.3. The van der Waals surface area contributed by atoms with Gasteiger partial charge >= 0.3 is 0 Å². The molecule has 0 aromatic rings. The van der Waals surface area contributed by atoms with Crippen molar-refractivity contribution in [1.82, 2.24) is 5.32 Å². The second kappa shape index (κ2) is 21.3. The summed E-state index contributed by atoms with van der Waals surface area (Å²) < 4.78 is 26.5. The highest BCUT2D eigenvalue weighted by Gasteiger charge is 1.99. The lowest BCUT2D eigenvalue weighted by atomic mass is 10.3. The third-order valence-corrected chi connectivity index (χ3v) is 2.67. The van der Waals surface area contributed by atoms with E-state index in [1.165, 1.54) is 0 Å². The third-order valence-electron chi connectivity index (χ3n) is 2.67. The van der Waals surface area contributed by atoms with Gasteiger partial charge < -0.3 is 34.7 Å². The zero-order chi connectivity index (χ0) is 17.9. The van der Waals surface area contributed by atoms with Crippen molar-refractivity contribution < 1.29 is 28.5 Å². The number of halogens is 1. The van der Waals surface area contributed by atoms with Crippen LogP contribution in [0.25, 0.3) is 0 Å². The van der Waals surface area contributed by atoms with Crippen molar-refractivity contribution in [3.63, 3.8) is 0 Å². The Morgan fingerprint density at radius 1 is 0.800 bits per heavy atom. The van der Waals surface area contributed by atoms with Crippen molar-refractivity contribution in [2.24, 2.45) is 5.73 Å². The molecule has 0 aliphatic heterocycles. The van der Waals surface area contributed by atoms with E-state index in [-0.39, 0.29) is 18.3 Å². The van der Waals surface area contributed by atoms with Gasteiger partial charge in [0.05, 0.1) is 66.1 Å². The Bertz CT molecular complexity index is 321. The fourth-order valence-corrected chi connectivity index (χ4v) is 1.45. The lowest BCUT2D eigenvalue weighted by Gasteiger charge is -2.08. The van der Waals surface area contributed by atoms with Crippen LogP contribution in [0.5, 0.6) is 0 Å². The van der Waals surface area contributed by atoms with E-state index in [0.29, 0.717) is 84.7 Å². The van der Waals surface area contributed by atoms with Gasteiger partial charge in [0.2, 0.25) is 5.91 Å². The number of rotatable bonds is 18. The molecule has 0 heterocycles. The summed E-state index contributed by atoms with van der Waals surface area (Å²) in [6.45, 7) is 11.4. The minimum absolute atomic E-state index is 0. The maximum absolute atomic E-state index is 11.2. The van der Waals surface area contributed by atoms with Crippen LogP contribution < -0.4 is 11.1 Å². The molecule has 1 amide bonds. The second-order valence-corrected chi connectivity index (χ2v) is 4.89. The van der Waals surface area contributed by atoms with E-state index >= 15 is 0 Å². The Kier molecular flexibility index (Phi) is 22.6. The summed E-state index contributed by atoms with van der Waals surface area (Å²) in [5, 5.41) is 2.68. The molecular weight excluding hydrogens is 352 g/mol. The first-order valence-corrected chi connectivity index (χ1v) is 8.21. The molecule has 0 aliphatic carbocycles. The van der Waals surface area contributed by atoms with Crippen molar-refractivity contribution in [1.29, 1.82) is 0 Å². The molecule has 9 heteroatoms. The van der Waals surface area contributed by atoms with Gasteiger partial charge in [-0.25, -0.2) is 0 Å². The van der Waals surface area contributed by atoms with Gasteiger partial charge in [-0.15, -0.1) is 12.4 Å². The van der Waals surface area contributed by atoms with E-state index in [0.717, 1.165) is 0 Å². The van der Waals surface area contributed by atoms with Gasteiger partial charge in [0.15, 0.2) is 0 Å². The molecule has 8 nitrogen and oxygen atoms in total. The fraction of sp³-hybridized carbons (Fsp3) is 0.812. The number of nitrogens with one attached hydrogen (secondary N) is 1. The number of amides is 1. The molecule has 0 fully saturated rings. The Morgan fingerprint density at radius 2 is 1.16 bits per heavy atom. The highest BCUT2D eigenvalue weighted by Crippen LogP contribution is 1.86. The predicted molar refractivity (Wildman–Crippen MR) is 98.2 cm³/mol. The Labute approximate surface area is 156 Å². The molecule has 0 saturated heterocycles. The minimum atomic E-state index is -0.154.